The molecule has 39 heavy (non-hydrogen) atoms. The van der Waals surface area contributed by atoms with Gasteiger partial charge in [0.2, 0.25) is 0 Å². The van der Waals surface area contributed by atoms with Crippen LogP contribution in [0.2, 0.25) is 0 Å². The Morgan fingerprint density at radius 1 is 0.846 bits per heavy atom. The zero-order chi connectivity index (χ0) is 30.1. The number of carboxylic acid groups (broad SMARTS) is 1. The van der Waals surface area contributed by atoms with Gasteiger partial charge in [-0.1, -0.05) is 61.5 Å². The maximum atomic E-state index is 12.4. The second-order valence-electron chi connectivity index (χ2n) is 12.2. The first-order chi connectivity index (χ1) is 17.8. The monoisotopic (exact) mass is 553 g/mol. The van der Waals surface area contributed by atoms with Gasteiger partial charge in [0.15, 0.2) is 11.5 Å². The predicted molar refractivity (Wildman–Crippen MR) is 143 cm³/mol. The normalized spacial score (nSPS) is 14.1. The van der Waals surface area contributed by atoms with Crippen molar-refractivity contribution in [2.75, 3.05) is 13.2 Å². The molecule has 2 unspecified atom stereocenters. The van der Waals surface area contributed by atoms with E-state index in [2.05, 4.69) is 0 Å². The number of carboxylic acids is 1. The minimum Gasteiger partial charge on any atom is -0.480 e. The van der Waals surface area contributed by atoms with Crippen LogP contribution in [0.5, 0.6) is 11.5 Å². The van der Waals surface area contributed by atoms with Gasteiger partial charge in [-0.3, -0.25) is 9.59 Å². The number of benzene rings is 1. The molecule has 11 heteroatoms. The van der Waals surface area contributed by atoms with Crippen molar-refractivity contribution in [3.05, 3.63) is 23.8 Å². The second-order valence-corrected chi connectivity index (χ2v) is 12.2. The van der Waals surface area contributed by atoms with Crippen LogP contribution in [0.3, 0.4) is 0 Å². The summed E-state index contributed by atoms with van der Waals surface area (Å²) in [6.07, 6.45) is -2.67. The van der Waals surface area contributed by atoms with Crippen LogP contribution in [0.15, 0.2) is 18.2 Å². The van der Waals surface area contributed by atoms with Crippen LogP contribution >= 0.6 is 0 Å². The first-order valence-electron chi connectivity index (χ1n) is 12.8. The molecule has 0 aliphatic rings. The third-order valence-corrected chi connectivity index (χ3v) is 5.12. The van der Waals surface area contributed by atoms with Gasteiger partial charge < -0.3 is 34.5 Å². The molecule has 0 fully saturated rings. The number of nitrogens with two attached hydrogens (primary N) is 1. The van der Waals surface area contributed by atoms with Gasteiger partial charge in [-0.2, -0.15) is 0 Å². The maximum absolute atomic E-state index is 12.4. The number of esters is 1. The number of aliphatic carboxylic acids is 1. The summed E-state index contributed by atoms with van der Waals surface area (Å²) in [4.78, 5) is 48.6. The highest BCUT2D eigenvalue weighted by Crippen LogP contribution is 2.35. The lowest BCUT2D eigenvalue weighted by Crippen LogP contribution is -2.38. The molecule has 0 amide bonds. The van der Waals surface area contributed by atoms with Crippen LogP contribution in [0.25, 0.3) is 0 Å². The Labute approximate surface area is 230 Å². The standard InChI is InChI=1S/C28H43NO10/c1-16(2)24(32)37-17(3)12-19(22(29)23(30)31)18-10-11-20(38-25(33)35-14-27(4,5)6)21(13-18)39-26(34)36-15-28(7,8)9/h10-11,13,16-17,19,22H,12,14-15,29H2,1-9H3,(H,30,31)/t17?,19?,22-/m0/s1. The van der Waals surface area contributed by atoms with Gasteiger partial charge in [0.1, 0.15) is 6.04 Å². The van der Waals surface area contributed by atoms with Crippen molar-refractivity contribution >= 4 is 24.2 Å². The molecule has 11 nitrogen and oxygen atoms in total. The lowest BCUT2D eigenvalue weighted by molar-refractivity contribution is -0.152. The lowest BCUT2D eigenvalue weighted by atomic mass is 9.87. The van der Waals surface area contributed by atoms with Gasteiger partial charge in [-0.15, -0.1) is 0 Å². The van der Waals surface area contributed by atoms with Crippen LogP contribution in [0, 0.1) is 16.7 Å². The Hall–Kier alpha value is -3.34. The van der Waals surface area contributed by atoms with Crippen molar-refractivity contribution in [2.24, 2.45) is 22.5 Å². The molecule has 0 aromatic heterocycles. The van der Waals surface area contributed by atoms with Crippen LogP contribution in [0.4, 0.5) is 9.59 Å². The lowest BCUT2D eigenvalue weighted by Gasteiger charge is -2.26. The highest BCUT2D eigenvalue weighted by Gasteiger charge is 2.31. The highest BCUT2D eigenvalue weighted by atomic mass is 16.7. The Kier molecular flexibility index (Phi) is 12.2. The Morgan fingerprint density at radius 2 is 1.33 bits per heavy atom. The first-order valence-corrected chi connectivity index (χ1v) is 12.8. The molecule has 0 radical (unpaired) electrons. The van der Waals surface area contributed by atoms with Gasteiger partial charge in [0, 0.05) is 5.92 Å². The van der Waals surface area contributed by atoms with Gasteiger partial charge in [0.05, 0.1) is 25.2 Å². The van der Waals surface area contributed by atoms with Crippen molar-refractivity contribution in [3.63, 3.8) is 0 Å². The summed E-state index contributed by atoms with van der Waals surface area (Å²) >= 11 is 0. The van der Waals surface area contributed by atoms with E-state index in [9.17, 15) is 24.3 Å². The topological polar surface area (TPSA) is 161 Å². The summed E-state index contributed by atoms with van der Waals surface area (Å²) in [7, 11) is 0. The smallest absolute Gasteiger partial charge is 0.480 e. The summed E-state index contributed by atoms with van der Waals surface area (Å²) in [5.74, 6) is -3.28. The second kappa shape index (κ2) is 14.2. The van der Waals surface area contributed by atoms with Crippen LogP contribution in [-0.2, 0) is 23.8 Å². The number of hydrogen-bond acceptors (Lipinski definition) is 10. The quantitative estimate of drug-likeness (QED) is 0.208. The highest BCUT2D eigenvalue weighted by molar-refractivity contribution is 5.75. The average molecular weight is 554 g/mol. The van der Waals surface area contributed by atoms with E-state index in [1.54, 1.807) is 20.8 Å². The fourth-order valence-electron chi connectivity index (χ4n) is 3.11. The molecule has 3 atom stereocenters. The zero-order valence-electron chi connectivity index (χ0n) is 24.4. The third-order valence-electron chi connectivity index (χ3n) is 5.12. The summed E-state index contributed by atoms with van der Waals surface area (Å²) in [5.41, 5.74) is 5.71. The molecule has 0 aliphatic heterocycles. The van der Waals surface area contributed by atoms with E-state index in [0.717, 1.165) is 0 Å². The van der Waals surface area contributed by atoms with E-state index >= 15 is 0 Å². The van der Waals surface area contributed by atoms with Crippen molar-refractivity contribution in [1.29, 1.82) is 0 Å². The molecule has 1 aromatic rings. The van der Waals surface area contributed by atoms with Crippen molar-refractivity contribution in [3.8, 4) is 11.5 Å². The zero-order valence-corrected chi connectivity index (χ0v) is 24.4. The van der Waals surface area contributed by atoms with E-state index in [0.29, 0.717) is 5.56 Å². The molecular formula is C28H43NO10. The maximum Gasteiger partial charge on any atom is 0.513 e. The molecule has 0 saturated heterocycles. The Bertz CT molecular complexity index is 1010. The average Bonchev–Trinajstić information content (AvgIpc) is 2.79. The van der Waals surface area contributed by atoms with E-state index in [-0.39, 0.29) is 47.9 Å². The summed E-state index contributed by atoms with van der Waals surface area (Å²) in [6.45, 7) is 16.4. The fraction of sp³-hybridized carbons (Fsp3) is 0.643. The number of carbonyl (C=O) groups excluding carboxylic acids is 3. The van der Waals surface area contributed by atoms with Crippen molar-refractivity contribution < 1.29 is 48.0 Å². The van der Waals surface area contributed by atoms with E-state index < -0.39 is 42.3 Å². The molecule has 0 spiro atoms. The Morgan fingerprint density at radius 3 is 1.77 bits per heavy atom. The van der Waals surface area contributed by atoms with Gasteiger partial charge in [-0.05, 0) is 41.9 Å². The van der Waals surface area contributed by atoms with Crippen LogP contribution in [0.1, 0.15) is 80.2 Å². The molecule has 1 aromatic carbocycles. The summed E-state index contributed by atoms with van der Waals surface area (Å²) in [5, 5.41) is 9.63. The number of hydrogen-bond donors (Lipinski definition) is 2. The van der Waals surface area contributed by atoms with E-state index in [4.69, 9.17) is 29.4 Å². The predicted octanol–water partition coefficient (Wildman–Crippen LogP) is 5.28. The third kappa shape index (κ3) is 12.8. The van der Waals surface area contributed by atoms with Crippen molar-refractivity contribution in [2.45, 2.75) is 86.8 Å². The number of carbonyl (C=O) groups is 4. The SMILES string of the molecule is CC(CC(c1ccc(OC(=O)OCC(C)(C)C)c(OC(=O)OCC(C)(C)C)c1)[C@H](N)C(=O)O)OC(=O)C(C)C. The number of rotatable bonds is 11. The molecule has 0 saturated carbocycles. The molecule has 1 rings (SSSR count). The largest absolute Gasteiger partial charge is 0.513 e. The fourth-order valence-corrected chi connectivity index (χ4v) is 3.11. The molecule has 0 bridgehead atoms. The summed E-state index contributed by atoms with van der Waals surface area (Å²) < 4.78 is 26.3. The minimum atomic E-state index is -1.38. The molecule has 220 valence electrons. The van der Waals surface area contributed by atoms with Gasteiger partial charge in [-0.25, -0.2) is 9.59 Å². The van der Waals surface area contributed by atoms with Crippen molar-refractivity contribution in [1.82, 2.24) is 0 Å². The molecule has 0 heterocycles. The van der Waals surface area contributed by atoms with Gasteiger partial charge >= 0.3 is 24.2 Å². The molecule has 0 aliphatic carbocycles. The molecular weight excluding hydrogens is 510 g/mol. The Balaban J connectivity index is 3.35. The van der Waals surface area contributed by atoms with E-state index in [1.807, 2.05) is 41.5 Å². The van der Waals surface area contributed by atoms with Crippen LogP contribution < -0.4 is 15.2 Å². The van der Waals surface area contributed by atoms with Gasteiger partial charge in [0.25, 0.3) is 0 Å². The molecule has 3 N–H and O–H groups in total. The minimum absolute atomic E-state index is 0.0561. The number of ether oxygens (including phenoxy) is 5. The first kappa shape index (κ1) is 33.7. The van der Waals surface area contributed by atoms with Crippen LogP contribution in [-0.4, -0.2) is 54.7 Å². The van der Waals surface area contributed by atoms with E-state index in [1.165, 1.54) is 18.2 Å². The summed E-state index contributed by atoms with van der Waals surface area (Å²) in [6, 6.07) is 2.79.